The second kappa shape index (κ2) is 6.89. The van der Waals surface area contributed by atoms with Crippen molar-refractivity contribution in [3.8, 4) is 0 Å². The Hall–Kier alpha value is -1.35. The fourth-order valence-corrected chi connectivity index (χ4v) is 3.13. The molecule has 1 aromatic rings. The molecule has 1 aromatic carbocycles. The lowest BCUT2D eigenvalue weighted by atomic mass is 9.85. The highest BCUT2D eigenvalue weighted by molar-refractivity contribution is 5.93. The summed E-state index contributed by atoms with van der Waals surface area (Å²) in [7, 11) is 0. The van der Waals surface area contributed by atoms with Crippen LogP contribution in [0.2, 0.25) is 0 Å². The summed E-state index contributed by atoms with van der Waals surface area (Å²) in [5.41, 5.74) is 9.88. The molecule has 1 aliphatic rings. The van der Waals surface area contributed by atoms with Gasteiger partial charge in [0.2, 0.25) is 5.91 Å². The van der Waals surface area contributed by atoms with E-state index < -0.39 is 0 Å². The van der Waals surface area contributed by atoms with Gasteiger partial charge in [0.15, 0.2) is 0 Å². The molecule has 3 heteroatoms. The van der Waals surface area contributed by atoms with E-state index in [2.05, 4.69) is 31.3 Å². The lowest BCUT2D eigenvalue weighted by molar-refractivity contribution is -0.116. The van der Waals surface area contributed by atoms with Gasteiger partial charge in [0.25, 0.3) is 0 Å². The number of hydrogen-bond acceptors (Lipinski definition) is 2. The van der Waals surface area contributed by atoms with Gasteiger partial charge in [-0.3, -0.25) is 4.79 Å². The molecule has 0 radical (unpaired) electrons. The van der Waals surface area contributed by atoms with Crippen molar-refractivity contribution < 1.29 is 4.79 Å². The van der Waals surface area contributed by atoms with Crippen LogP contribution in [-0.2, 0) is 11.2 Å². The minimum absolute atomic E-state index is 0.109. The summed E-state index contributed by atoms with van der Waals surface area (Å²) in [6.45, 7) is 4.44. The van der Waals surface area contributed by atoms with Gasteiger partial charge in [0.1, 0.15) is 0 Å². The van der Waals surface area contributed by atoms with Crippen LogP contribution >= 0.6 is 0 Å². The quantitative estimate of drug-likeness (QED) is 0.829. The van der Waals surface area contributed by atoms with E-state index in [0.29, 0.717) is 12.3 Å². The van der Waals surface area contributed by atoms with Gasteiger partial charge in [0.05, 0.1) is 0 Å². The van der Waals surface area contributed by atoms with E-state index in [4.69, 9.17) is 5.73 Å². The van der Waals surface area contributed by atoms with Crippen molar-refractivity contribution in [1.29, 1.82) is 0 Å². The molecule has 3 N–H and O–H groups in total. The second-order valence-electron chi connectivity index (χ2n) is 5.83. The summed E-state index contributed by atoms with van der Waals surface area (Å²) in [6.07, 6.45) is 6.14. The zero-order chi connectivity index (χ0) is 14.5. The largest absolute Gasteiger partial charge is 0.326 e. The van der Waals surface area contributed by atoms with Crippen molar-refractivity contribution >= 4 is 11.6 Å². The van der Waals surface area contributed by atoms with E-state index in [-0.39, 0.29) is 11.9 Å². The summed E-state index contributed by atoms with van der Waals surface area (Å²) in [5, 5.41) is 2.93. The Balaban J connectivity index is 2.17. The molecule has 0 saturated heterocycles. The summed E-state index contributed by atoms with van der Waals surface area (Å²) >= 11 is 0. The molecule has 110 valence electrons. The van der Waals surface area contributed by atoms with E-state index in [1.54, 1.807) is 0 Å². The standard InChI is InChI=1S/C17H26N2O/c1-3-5-12(6-4-2)17(18)14-7-9-15-13(11-14)8-10-16(20)19-15/h7,9,11-12,17H,3-6,8,10,18H2,1-2H3,(H,19,20). The highest BCUT2D eigenvalue weighted by Crippen LogP contribution is 2.31. The predicted octanol–water partition coefficient (Wildman–Crippen LogP) is 3.79. The first kappa shape index (κ1) is 15.0. The molecule has 1 atom stereocenters. The number of carbonyl (C=O) groups is 1. The molecule has 1 heterocycles. The van der Waals surface area contributed by atoms with Crippen LogP contribution in [-0.4, -0.2) is 5.91 Å². The molecule has 0 aromatic heterocycles. The summed E-state index contributed by atoms with van der Waals surface area (Å²) < 4.78 is 0. The Morgan fingerprint density at radius 1 is 1.20 bits per heavy atom. The number of nitrogens with one attached hydrogen (secondary N) is 1. The highest BCUT2D eigenvalue weighted by Gasteiger charge is 2.21. The van der Waals surface area contributed by atoms with E-state index >= 15 is 0 Å². The number of rotatable bonds is 6. The number of anilines is 1. The van der Waals surface area contributed by atoms with Crippen molar-refractivity contribution in [3.05, 3.63) is 29.3 Å². The van der Waals surface area contributed by atoms with Gasteiger partial charge in [-0.15, -0.1) is 0 Å². The fraction of sp³-hybridized carbons (Fsp3) is 0.588. The number of carbonyl (C=O) groups excluding carboxylic acids is 1. The zero-order valence-corrected chi connectivity index (χ0v) is 12.6. The average molecular weight is 274 g/mol. The van der Waals surface area contributed by atoms with Gasteiger partial charge >= 0.3 is 0 Å². The molecule has 0 spiro atoms. The predicted molar refractivity (Wildman–Crippen MR) is 83.6 cm³/mol. The first-order chi connectivity index (χ1) is 9.65. The van der Waals surface area contributed by atoms with E-state index in [1.807, 2.05) is 6.07 Å². The topological polar surface area (TPSA) is 55.1 Å². The molecular weight excluding hydrogens is 248 g/mol. The Kier molecular flexibility index (Phi) is 5.18. The number of amides is 1. The van der Waals surface area contributed by atoms with Crippen LogP contribution in [0.4, 0.5) is 5.69 Å². The van der Waals surface area contributed by atoms with Crippen LogP contribution in [0.25, 0.3) is 0 Å². The van der Waals surface area contributed by atoms with Gasteiger partial charge in [-0.05, 0) is 42.4 Å². The highest BCUT2D eigenvalue weighted by atomic mass is 16.1. The smallest absolute Gasteiger partial charge is 0.224 e. The Morgan fingerprint density at radius 2 is 1.90 bits per heavy atom. The zero-order valence-electron chi connectivity index (χ0n) is 12.6. The molecule has 0 saturated carbocycles. The van der Waals surface area contributed by atoms with Crippen molar-refractivity contribution in [3.63, 3.8) is 0 Å². The molecule has 2 rings (SSSR count). The van der Waals surface area contributed by atoms with Crippen molar-refractivity contribution in [1.82, 2.24) is 0 Å². The van der Waals surface area contributed by atoms with Gasteiger partial charge in [0, 0.05) is 18.2 Å². The summed E-state index contributed by atoms with van der Waals surface area (Å²) in [5.74, 6) is 0.672. The van der Waals surface area contributed by atoms with Crippen LogP contribution in [0.5, 0.6) is 0 Å². The number of benzene rings is 1. The monoisotopic (exact) mass is 274 g/mol. The van der Waals surface area contributed by atoms with Crippen LogP contribution in [0.1, 0.15) is 63.1 Å². The Bertz CT molecular complexity index is 464. The molecule has 1 unspecified atom stereocenters. The maximum atomic E-state index is 11.4. The minimum Gasteiger partial charge on any atom is -0.326 e. The molecule has 3 nitrogen and oxygen atoms in total. The number of aryl methyl sites for hydroxylation is 1. The normalized spacial score (nSPS) is 15.9. The fourth-order valence-electron chi connectivity index (χ4n) is 3.13. The van der Waals surface area contributed by atoms with E-state index in [9.17, 15) is 4.79 Å². The first-order valence-electron chi connectivity index (χ1n) is 7.84. The molecule has 20 heavy (non-hydrogen) atoms. The number of fused-ring (bicyclic) bond motifs is 1. The van der Waals surface area contributed by atoms with Crippen molar-refractivity contribution in [2.24, 2.45) is 11.7 Å². The number of nitrogens with two attached hydrogens (primary N) is 1. The van der Waals surface area contributed by atoms with Crippen LogP contribution in [0.3, 0.4) is 0 Å². The van der Waals surface area contributed by atoms with Gasteiger partial charge in [-0.1, -0.05) is 38.8 Å². The lowest BCUT2D eigenvalue weighted by Gasteiger charge is -2.25. The Morgan fingerprint density at radius 3 is 2.55 bits per heavy atom. The van der Waals surface area contributed by atoms with E-state index in [1.165, 1.54) is 36.8 Å². The molecular formula is C17H26N2O. The maximum absolute atomic E-state index is 11.4. The van der Waals surface area contributed by atoms with Crippen LogP contribution < -0.4 is 11.1 Å². The third kappa shape index (κ3) is 3.40. The summed E-state index contributed by atoms with van der Waals surface area (Å²) in [4.78, 5) is 11.4. The van der Waals surface area contributed by atoms with Crippen LogP contribution in [0, 0.1) is 5.92 Å². The van der Waals surface area contributed by atoms with Crippen molar-refractivity contribution in [2.75, 3.05) is 5.32 Å². The molecule has 0 bridgehead atoms. The van der Waals surface area contributed by atoms with Gasteiger partial charge < -0.3 is 11.1 Å². The lowest BCUT2D eigenvalue weighted by Crippen LogP contribution is -2.23. The molecule has 1 aliphatic heterocycles. The molecule has 0 aliphatic carbocycles. The first-order valence-corrected chi connectivity index (χ1v) is 7.84. The average Bonchev–Trinajstić information content (AvgIpc) is 2.45. The van der Waals surface area contributed by atoms with Crippen LogP contribution in [0.15, 0.2) is 18.2 Å². The second-order valence-corrected chi connectivity index (χ2v) is 5.83. The number of hydrogen-bond donors (Lipinski definition) is 2. The Labute approximate surface area is 121 Å². The van der Waals surface area contributed by atoms with Gasteiger partial charge in [-0.2, -0.15) is 0 Å². The molecule has 1 amide bonds. The minimum atomic E-state index is 0.109. The maximum Gasteiger partial charge on any atom is 0.224 e. The summed E-state index contributed by atoms with van der Waals surface area (Å²) in [6, 6.07) is 6.39. The SMILES string of the molecule is CCCC(CCC)C(N)c1ccc2c(c1)CCC(=O)N2. The van der Waals surface area contributed by atoms with Gasteiger partial charge in [-0.25, -0.2) is 0 Å². The molecule has 0 fully saturated rings. The van der Waals surface area contributed by atoms with Crippen molar-refractivity contribution in [2.45, 2.75) is 58.4 Å². The van der Waals surface area contributed by atoms with E-state index in [0.717, 1.165) is 12.1 Å². The third-order valence-corrected chi connectivity index (χ3v) is 4.24. The third-order valence-electron chi connectivity index (χ3n) is 4.24.